The molecule has 3 nitrogen and oxygen atoms in total. The van der Waals surface area contributed by atoms with Crippen molar-refractivity contribution in [3.8, 4) is 0 Å². The minimum Gasteiger partial charge on any atom is -0.342 e. The zero-order valence-corrected chi connectivity index (χ0v) is 12.3. The Kier molecular flexibility index (Phi) is 4.86. The van der Waals surface area contributed by atoms with Crippen molar-refractivity contribution in [1.29, 1.82) is 0 Å². The van der Waals surface area contributed by atoms with E-state index in [9.17, 15) is 4.79 Å². The Hall–Kier alpha value is -0.0900. The van der Waals surface area contributed by atoms with E-state index in [0.29, 0.717) is 0 Å². The first kappa shape index (κ1) is 13.3. The molecule has 98 valence electrons. The third-order valence-electron chi connectivity index (χ3n) is 4.06. The van der Waals surface area contributed by atoms with Crippen molar-refractivity contribution < 1.29 is 4.79 Å². The summed E-state index contributed by atoms with van der Waals surface area (Å²) >= 11 is 3.46. The van der Waals surface area contributed by atoms with Crippen molar-refractivity contribution in [3.63, 3.8) is 0 Å². The van der Waals surface area contributed by atoms with Gasteiger partial charge in [-0.05, 0) is 45.2 Å². The van der Waals surface area contributed by atoms with Gasteiger partial charge in [-0.25, -0.2) is 0 Å². The van der Waals surface area contributed by atoms with Gasteiger partial charge >= 0.3 is 0 Å². The molecule has 0 aromatic heterocycles. The third kappa shape index (κ3) is 3.22. The standard InChI is InChI=1S/C13H23BrN2O/c1-2-12(14)13(17)16-9-5-11(6-10-16)15-7-3-4-8-15/h11-12H,2-10H2,1H3. The molecule has 2 aliphatic rings. The van der Waals surface area contributed by atoms with Crippen LogP contribution in [0.3, 0.4) is 0 Å². The lowest BCUT2D eigenvalue weighted by Gasteiger charge is -2.37. The number of hydrogen-bond acceptors (Lipinski definition) is 2. The zero-order valence-electron chi connectivity index (χ0n) is 10.7. The Bertz CT molecular complexity index is 258. The summed E-state index contributed by atoms with van der Waals surface area (Å²) < 4.78 is 0. The summed E-state index contributed by atoms with van der Waals surface area (Å²) in [7, 11) is 0. The number of likely N-dealkylation sites (tertiary alicyclic amines) is 2. The average molecular weight is 303 g/mol. The second-order valence-electron chi connectivity index (χ2n) is 5.18. The van der Waals surface area contributed by atoms with Gasteiger partial charge in [-0.2, -0.15) is 0 Å². The maximum atomic E-state index is 12.0. The van der Waals surface area contributed by atoms with Crippen LogP contribution in [0.4, 0.5) is 0 Å². The molecule has 0 N–H and O–H groups in total. The minimum absolute atomic E-state index is 0.0193. The highest BCUT2D eigenvalue weighted by Crippen LogP contribution is 2.22. The van der Waals surface area contributed by atoms with Crippen LogP contribution in [0.25, 0.3) is 0 Å². The van der Waals surface area contributed by atoms with Gasteiger partial charge in [0, 0.05) is 19.1 Å². The molecule has 1 unspecified atom stereocenters. The van der Waals surface area contributed by atoms with Crippen molar-refractivity contribution in [2.45, 2.75) is 49.9 Å². The maximum Gasteiger partial charge on any atom is 0.236 e. The maximum absolute atomic E-state index is 12.0. The SMILES string of the molecule is CCC(Br)C(=O)N1CCC(N2CCCC2)CC1. The molecule has 2 heterocycles. The summed E-state index contributed by atoms with van der Waals surface area (Å²) in [6.45, 7) is 6.49. The fourth-order valence-corrected chi connectivity index (χ4v) is 3.22. The Morgan fingerprint density at radius 2 is 1.82 bits per heavy atom. The van der Waals surface area contributed by atoms with Gasteiger partial charge in [-0.1, -0.05) is 22.9 Å². The number of rotatable bonds is 3. The van der Waals surface area contributed by atoms with E-state index in [1.165, 1.54) is 25.9 Å². The predicted octanol–water partition coefficient (Wildman–Crippen LogP) is 2.25. The second-order valence-corrected chi connectivity index (χ2v) is 6.28. The van der Waals surface area contributed by atoms with Gasteiger partial charge in [0.25, 0.3) is 0 Å². The molecule has 2 aliphatic heterocycles. The molecule has 0 saturated carbocycles. The quantitative estimate of drug-likeness (QED) is 0.747. The Labute approximate surface area is 113 Å². The van der Waals surface area contributed by atoms with Gasteiger partial charge in [-0.15, -0.1) is 0 Å². The van der Waals surface area contributed by atoms with Crippen LogP contribution in [0.15, 0.2) is 0 Å². The molecule has 2 rings (SSSR count). The average Bonchev–Trinajstić information content (AvgIpc) is 2.91. The zero-order chi connectivity index (χ0) is 12.3. The van der Waals surface area contributed by atoms with Gasteiger partial charge in [-0.3, -0.25) is 4.79 Å². The summed E-state index contributed by atoms with van der Waals surface area (Å²) in [4.78, 5) is 16.7. The molecule has 0 bridgehead atoms. The van der Waals surface area contributed by atoms with E-state index in [2.05, 4.69) is 20.8 Å². The van der Waals surface area contributed by atoms with E-state index in [0.717, 1.165) is 38.4 Å². The second kappa shape index (κ2) is 6.19. The highest BCUT2D eigenvalue weighted by atomic mass is 79.9. The molecule has 17 heavy (non-hydrogen) atoms. The normalized spacial score (nSPS) is 25.2. The fraction of sp³-hybridized carbons (Fsp3) is 0.923. The lowest BCUT2D eigenvalue weighted by molar-refractivity contribution is -0.132. The first-order valence-corrected chi connectivity index (χ1v) is 7.81. The van der Waals surface area contributed by atoms with Gasteiger partial charge < -0.3 is 9.80 Å². The molecule has 2 fully saturated rings. The van der Waals surface area contributed by atoms with E-state index in [1.54, 1.807) is 0 Å². The molecule has 4 heteroatoms. The van der Waals surface area contributed by atoms with E-state index < -0.39 is 0 Å². The molecule has 0 aromatic rings. The van der Waals surface area contributed by atoms with E-state index >= 15 is 0 Å². The molecule has 2 saturated heterocycles. The van der Waals surface area contributed by atoms with Gasteiger partial charge in [0.2, 0.25) is 5.91 Å². The Morgan fingerprint density at radius 1 is 1.24 bits per heavy atom. The van der Waals surface area contributed by atoms with Crippen molar-refractivity contribution in [2.24, 2.45) is 0 Å². The summed E-state index contributed by atoms with van der Waals surface area (Å²) in [6.07, 6.45) is 5.92. The monoisotopic (exact) mass is 302 g/mol. The van der Waals surface area contributed by atoms with Crippen molar-refractivity contribution in [2.75, 3.05) is 26.2 Å². The highest BCUT2D eigenvalue weighted by Gasteiger charge is 2.29. The first-order chi connectivity index (χ1) is 8.22. The number of alkyl halides is 1. The minimum atomic E-state index is 0.0193. The number of carbonyl (C=O) groups is 1. The molecule has 0 radical (unpaired) electrons. The van der Waals surface area contributed by atoms with E-state index in [-0.39, 0.29) is 10.7 Å². The summed E-state index contributed by atoms with van der Waals surface area (Å²) in [5.74, 6) is 0.285. The molecular weight excluding hydrogens is 280 g/mol. The largest absolute Gasteiger partial charge is 0.342 e. The van der Waals surface area contributed by atoms with Crippen molar-refractivity contribution >= 4 is 21.8 Å². The van der Waals surface area contributed by atoms with Crippen LogP contribution in [0.2, 0.25) is 0 Å². The van der Waals surface area contributed by atoms with Crippen LogP contribution in [0.5, 0.6) is 0 Å². The van der Waals surface area contributed by atoms with Crippen molar-refractivity contribution in [1.82, 2.24) is 9.80 Å². The molecule has 0 aliphatic carbocycles. The third-order valence-corrected chi connectivity index (χ3v) is 5.10. The van der Waals surface area contributed by atoms with Crippen LogP contribution < -0.4 is 0 Å². The summed E-state index contributed by atoms with van der Waals surface area (Å²) in [5, 5.41) is 0. The van der Waals surface area contributed by atoms with Gasteiger partial charge in [0.1, 0.15) is 0 Å². The Morgan fingerprint density at radius 3 is 2.35 bits per heavy atom. The van der Waals surface area contributed by atoms with E-state index in [1.807, 2.05) is 11.8 Å². The van der Waals surface area contributed by atoms with Gasteiger partial charge in [0.15, 0.2) is 0 Å². The van der Waals surface area contributed by atoms with E-state index in [4.69, 9.17) is 0 Å². The number of halogens is 1. The summed E-state index contributed by atoms with van der Waals surface area (Å²) in [6, 6.07) is 0.733. The van der Waals surface area contributed by atoms with Gasteiger partial charge in [0.05, 0.1) is 4.83 Å². The highest BCUT2D eigenvalue weighted by molar-refractivity contribution is 9.10. The van der Waals surface area contributed by atoms with Crippen LogP contribution in [0, 0.1) is 0 Å². The molecule has 1 amide bonds. The number of piperidine rings is 1. The molecule has 0 aromatic carbocycles. The van der Waals surface area contributed by atoms with Crippen LogP contribution in [-0.2, 0) is 4.79 Å². The summed E-state index contributed by atoms with van der Waals surface area (Å²) in [5.41, 5.74) is 0. The number of nitrogens with zero attached hydrogens (tertiary/aromatic N) is 2. The van der Waals surface area contributed by atoms with Crippen molar-refractivity contribution in [3.05, 3.63) is 0 Å². The first-order valence-electron chi connectivity index (χ1n) is 6.89. The fourth-order valence-electron chi connectivity index (χ4n) is 2.93. The number of amides is 1. The van der Waals surface area contributed by atoms with Crippen LogP contribution >= 0.6 is 15.9 Å². The predicted molar refractivity (Wildman–Crippen MR) is 73.4 cm³/mol. The topological polar surface area (TPSA) is 23.6 Å². The molecule has 1 atom stereocenters. The van der Waals surface area contributed by atoms with Crippen LogP contribution in [-0.4, -0.2) is 52.8 Å². The molecular formula is C13H23BrN2O. The lowest BCUT2D eigenvalue weighted by Crippen LogP contribution is -2.47. The smallest absolute Gasteiger partial charge is 0.236 e. The lowest BCUT2D eigenvalue weighted by atomic mass is 10.0. The number of hydrogen-bond donors (Lipinski definition) is 0. The van der Waals surface area contributed by atoms with Crippen LogP contribution in [0.1, 0.15) is 39.0 Å². The molecule has 0 spiro atoms. The number of carbonyl (C=O) groups excluding carboxylic acids is 1. The Balaban J connectivity index is 1.79.